The van der Waals surface area contributed by atoms with Gasteiger partial charge in [-0.3, -0.25) is 4.79 Å². The van der Waals surface area contributed by atoms with Crippen molar-refractivity contribution >= 4 is 46.6 Å². The Kier molecular flexibility index (Phi) is 5.39. The Bertz CT molecular complexity index is 656. The molecule has 1 N–H and O–H groups in total. The zero-order valence-corrected chi connectivity index (χ0v) is 13.8. The molecule has 0 spiro atoms. The van der Waals surface area contributed by atoms with Gasteiger partial charge in [0.2, 0.25) is 0 Å². The molecule has 0 aromatic heterocycles. The van der Waals surface area contributed by atoms with Gasteiger partial charge in [0, 0.05) is 20.6 Å². The van der Waals surface area contributed by atoms with Gasteiger partial charge >= 0.3 is 0 Å². The summed E-state index contributed by atoms with van der Waals surface area (Å²) in [4.78, 5) is 13.4. The van der Waals surface area contributed by atoms with Crippen LogP contribution in [0.5, 0.6) is 5.75 Å². The molecule has 0 saturated carbocycles. The molecular formula is C15H13Cl2NO2S. The third-order valence-corrected chi connectivity index (χ3v) is 3.94. The number of hydrogen-bond donors (Lipinski definition) is 1. The average molecular weight is 342 g/mol. The number of thioether (sulfide) groups is 1. The predicted molar refractivity (Wildman–Crippen MR) is 89.2 cm³/mol. The summed E-state index contributed by atoms with van der Waals surface area (Å²) in [6.07, 6.45) is 1.96. The molecular weight excluding hydrogens is 329 g/mol. The van der Waals surface area contributed by atoms with Crippen molar-refractivity contribution < 1.29 is 9.53 Å². The van der Waals surface area contributed by atoms with Crippen molar-refractivity contribution in [1.82, 2.24) is 0 Å². The number of carbonyl (C=O) groups is 1. The summed E-state index contributed by atoms with van der Waals surface area (Å²) < 4.78 is 5.27. The van der Waals surface area contributed by atoms with E-state index >= 15 is 0 Å². The van der Waals surface area contributed by atoms with Gasteiger partial charge < -0.3 is 10.1 Å². The van der Waals surface area contributed by atoms with Crippen molar-refractivity contribution in [2.24, 2.45) is 0 Å². The van der Waals surface area contributed by atoms with E-state index in [0.717, 1.165) is 4.90 Å². The SMILES string of the molecule is COc1cc(SC)ccc1C(=O)Nc1cc(Cl)cc(Cl)c1. The monoisotopic (exact) mass is 341 g/mol. The van der Waals surface area contributed by atoms with Gasteiger partial charge in [-0.05, 0) is 42.7 Å². The normalized spacial score (nSPS) is 10.3. The Hall–Kier alpha value is -1.36. The number of hydrogen-bond acceptors (Lipinski definition) is 3. The minimum Gasteiger partial charge on any atom is -0.496 e. The second-order valence-corrected chi connectivity index (χ2v) is 5.93. The smallest absolute Gasteiger partial charge is 0.259 e. The Morgan fingerprint density at radius 2 is 1.81 bits per heavy atom. The van der Waals surface area contributed by atoms with Gasteiger partial charge in [0.05, 0.1) is 12.7 Å². The first-order valence-electron chi connectivity index (χ1n) is 6.03. The first-order chi connectivity index (χ1) is 10.0. The van der Waals surface area contributed by atoms with E-state index in [1.807, 2.05) is 18.4 Å². The molecule has 2 aromatic carbocycles. The van der Waals surface area contributed by atoms with Gasteiger partial charge in [0.25, 0.3) is 5.91 Å². The maximum absolute atomic E-state index is 12.3. The number of amides is 1. The highest BCUT2D eigenvalue weighted by atomic mass is 35.5. The van der Waals surface area contributed by atoms with Crippen LogP contribution in [0.4, 0.5) is 5.69 Å². The van der Waals surface area contributed by atoms with Crippen LogP contribution in [0.25, 0.3) is 0 Å². The highest BCUT2D eigenvalue weighted by Crippen LogP contribution is 2.27. The van der Waals surface area contributed by atoms with Gasteiger partial charge in [-0.2, -0.15) is 0 Å². The molecule has 21 heavy (non-hydrogen) atoms. The van der Waals surface area contributed by atoms with Crippen molar-refractivity contribution in [2.75, 3.05) is 18.7 Å². The fraction of sp³-hybridized carbons (Fsp3) is 0.133. The molecule has 6 heteroatoms. The van der Waals surface area contributed by atoms with Crippen LogP contribution >= 0.6 is 35.0 Å². The standard InChI is InChI=1S/C15H13Cl2NO2S/c1-20-14-8-12(21-2)3-4-13(14)15(19)18-11-6-9(16)5-10(17)7-11/h3-8H,1-2H3,(H,18,19). The Morgan fingerprint density at radius 3 is 2.38 bits per heavy atom. The van der Waals surface area contributed by atoms with E-state index in [2.05, 4.69) is 5.32 Å². The molecule has 0 aliphatic heterocycles. The highest BCUT2D eigenvalue weighted by molar-refractivity contribution is 7.98. The summed E-state index contributed by atoms with van der Waals surface area (Å²) in [6.45, 7) is 0. The van der Waals surface area contributed by atoms with E-state index in [4.69, 9.17) is 27.9 Å². The summed E-state index contributed by atoms with van der Waals surface area (Å²) >= 11 is 13.4. The van der Waals surface area contributed by atoms with Crippen LogP contribution < -0.4 is 10.1 Å². The highest BCUT2D eigenvalue weighted by Gasteiger charge is 2.13. The minimum absolute atomic E-state index is 0.280. The van der Waals surface area contributed by atoms with E-state index in [9.17, 15) is 4.79 Å². The van der Waals surface area contributed by atoms with Crippen molar-refractivity contribution in [1.29, 1.82) is 0 Å². The number of rotatable bonds is 4. The number of nitrogens with one attached hydrogen (secondary N) is 1. The molecule has 0 heterocycles. The summed E-state index contributed by atoms with van der Waals surface area (Å²) in [5.41, 5.74) is 0.986. The molecule has 0 saturated heterocycles. The van der Waals surface area contributed by atoms with Gasteiger partial charge in [-0.15, -0.1) is 11.8 Å². The number of carbonyl (C=O) groups excluding carboxylic acids is 1. The second kappa shape index (κ2) is 7.07. The Labute approximate surface area is 137 Å². The predicted octanol–water partition coefficient (Wildman–Crippen LogP) is 4.98. The van der Waals surface area contributed by atoms with Crippen molar-refractivity contribution in [3.8, 4) is 5.75 Å². The molecule has 3 nitrogen and oxygen atoms in total. The first-order valence-corrected chi connectivity index (χ1v) is 8.01. The molecule has 0 unspecified atom stereocenters. The molecule has 2 rings (SSSR count). The van der Waals surface area contributed by atoms with E-state index in [1.165, 1.54) is 7.11 Å². The summed E-state index contributed by atoms with van der Waals surface area (Å²) in [6, 6.07) is 10.3. The van der Waals surface area contributed by atoms with Gasteiger partial charge in [-0.25, -0.2) is 0 Å². The van der Waals surface area contributed by atoms with E-state index < -0.39 is 0 Å². The fourth-order valence-corrected chi connectivity index (χ4v) is 2.77. The summed E-state index contributed by atoms with van der Waals surface area (Å²) in [5.74, 6) is 0.241. The van der Waals surface area contributed by atoms with E-state index in [1.54, 1.807) is 36.0 Å². The van der Waals surface area contributed by atoms with Crippen LogP contribution in [0.3, 0.4) is 0 Å². The molecule has 2 aromatic rings. The number of ether oxygens (including phenoxy) is 1. The molecule has 0 aliphatic carbocycles. The fourth-order valence-electron chi connectivity index (χ4n) is 1.81. The van der Waals surface area contributed by atoms with Gasteiger partial charge in [0.15, 0.2) is 0 Å². The Balaban J connectivity index is 2.27. The largest absolute Gasteiger partial charge is 0.496 e. The summed E-state index contributed by atoms with van der Waals surface area (Å²) in [7, 11) is 1.53. The van der Waals surface area contributed by atoms with E-state index in [0.29, 0.717) is 27.0 Å². The molecule has 110 valence electrons. The van der Waals surface area contributed by atoms with Gasteiger partial charge in [-0.1, -0.05) is 23.2 Å². The van der Waals surface area contributed by atoms with Crippen LogP contribution in [0.15, 0.2) is 41.3 Å². The van der Waals surface area contributed by atoms with Crippen LogP contribution in [0.2, 0.25) is 10.0 Å². The number of halogens is 2. The average Bonchev–Trinajstić information content (AvgIpc) is 2.45. The first kappa shape index (κ1) is 16.0. The minimum atomic E-state index is -0.280. The van der Waals surface area contributed by atoms with Crippen LogP contribution in [-0.2, 0) is 0 Å². The maximum atomic E-state index is 12.3. The van der Waals surface area contributed by atoms with Crippen molar-refractivity contribution in [3.05, 3.63) is 52.0 Å². The maximum Gasteiger partial charge on any atom is 0.259 e. The molecule has 0 fully saturated rings. The molecule has 0 aliphatic rings. The molecule has 0 bridgehead atoms. The van der Waals surface area contributed by atoms with E-state index in [-0.39, 0.29) is 5.91 Å². The molecule has 0 atom stereocenters. The summed E-state index contributed by atoms with van der Waals surface area (Å²) in [5, 5.41) is 3.68. The number of anilines is 1. The lowest BCUT2D eigenvalue weighted by Crippen LogP contribution is -2.13. The zero-order valence-electron chi connectivity index (χ0n) is 11.4. The van der Waals surface area contributed by atoms with Crippen molar-refractivity contribution in [3.63, 3.8) is 0 Å². The van der Waals surface area contributed by atoms with Crippen LogP contribution in [-0.4, -0.2) is 19.3 Å². The quantitative estimate of drug-likeness (QED) is 0.797. The second-order valence-electron chi connectivity index (χ2n) is 4.18. The lowest BCUT2D eigenvalue weighted by Gasteiger charge is -2.11. The lowest BCUT2D eigenvalue weighted by atomic mass is 10.2. The van der Waals surface area contributed by atoms with Crippen LogP contribution in [0, 0.1) is 0 Å². The zero-order chi connectivity index (χ0) is 15.4. The molecule has 1 amide bonds. The van der Waals surface area contributed by atoms with Crippen molar-refractivity contribution in [2.45, 2.75) is 4.90 Å². The lowest BCUT2D eigenvalue weighted by molar-refractivity contribution is 0.102. The topological polar surface area (TPSA) is 38.3 Å². The Morgan fingerprint density at radius 1 is 1.14 bits per heavy atom. The van der Waals surface area contributed by atoms with Crippen LogP contribution in [0.1, 0.15) is 10.4 Å². The molecule has 0 radical (unpaired) electrons. The third kappa shape index (κ3) is 4.06. The number of benzene rings is 2. The number of methoxy groups -OCH3 is 1. The third-order valence-electron chi connectivity index (χ3n) is 2.77. The van der Waals surface area contributed by atoms with Gasteiger partial charge in [0.1, 0.15) is 5.75 Å².